The molecule has 0 fully saturated rings. The van der Waals surface area contributed by atoms with Gasteiger partial charge in [-0.25, -0.2) is 0 Å². The number of aromatic nitrogens is 1. The van der Waals surface area contributed by atoms with E-state index in [0.717, 1.165) is 13.1 Å². The standard InChI is InChI=1S/C15H20N2O2/c1-18-8-9-19-7-6-16-11-14-12-17-10-13-4-2-3-5-15(13)14/h2-5,10,12,16H,6-9,11H2,1H3. The van der Waals surface area contributed by atoms with Crippen LogP contribution in [0.25, 0.3) is 10.8 Å². The van der Waals surface area contributed by atoms with Crippen molar-refractivity contribution in [1.82, 2.24) is 10.3 Å². The minimum Gasteiger partial charge on any atom is -0.382 e. The second-order valence-electron chi connectivity index (χ2n) is 4.30. The van der Waals surface area contributed by atoms with E-state index in [2.05, 4.69) is 28.5 Å². The lowest BCUT2D eigenvalue weighted by Crippen LogP contribution is -2.20. The molecule has 0 saturated carbocycles. The lowest BCUT2D eigenvalue weighted by molar-refractivity contribution is 0.0719. The van der Waals surface area contributed by atoms with Crippen LogP contribution in [0.15, 0.2) is 36.7 Å². The summed E-state index contributed by atoms with van der Waals surface area (Å²) < 4.78 is 10.3. The third-order valence-corrected chi connectivity index (χ3v) is 2.92. The van der Waals surface area contributed by atoms with Crippen molar-refractivity contribution in [3.63, 3.8) is 0 Å². The van der Waals surface area contributed by atoms with Crippen molar-refractivity contribution < 1.29 is 9.47 Å². The quantitative estimate of drug-likeness (QED) is 0.737. The second kappa shape index (κ2) is 7.84. The van der Waals surface area contributed by atoms with Gasteiger partial charge in [-0.1, -0.05) is 24.3 Å². The first-order valence-electron chi connectivity index (χ1n) is 6.51. The summed E-state index contributed by atoms with van der Waals surface area (Å²) in [5.74, 6) is 0. The van der Waals surface area contributed by atoms with Gasteiger partial charge >= 0.3 is 0 Å². The van der Waals surface area contributed by atoms with Crippen LogP contribution >= 0.6 is 0 Å². The van der Waals surface area contributed by atoms with Gasteiger partial charge in [-0.05, 0) is 10.9 Å². The van der Waals surface area contributed by atoms with Crippen LogP contribution in [0.2, 0.25) is 0 Å². The van der Waals surface area contributed by atoms with Gasteiger partial charge in [0.05, 0.1) is 19.8 Å². The van der Waals surface area contributed by atoms with Crippen LogP contribution in [0.4, 0.5) is 0 Å². The number of hydrogen-bond acceptors (Lipinski definition) is 4. The molecular formula is C15H20N2O2. The Morgan fingerprint density at radius 1 is 1.11 bits per heavy atom. The van der Waals surface area contributed by atoms with E-state index < -0.39 is 0 Å². The predicted molar refractivity (Wildman–Crippen MR) is 76.1 cm³/mol. The minimum absolute atomic E-state index is 0.646. The normalized spacial score (nSPS) is 11.0. The zero-order valence-electron chi connectivity index (χ0n) is 11.3. The van der Waals surface area contributed by atoms with Gasteiger partial charge in [-0.15, -0.1) is 0 Å². The topological polar surface area (TPSA) is 43.4 Å². The van der Waals surface area contributed by atoms with E-state index in [0.29, 0.717) is 19.8 Å². The van der Waals surface area contributed by atoms with Gasteiger partial charge in [0.25, 0.3) is 0 Å². The van der Waals surface area contributed by atoms with Crippen molar-refractivity contribution in [3.8, 4) is 0 Å². The fourth-order valence-electron chi connectivity index (χ4n) is 1.93. The van der Waals surface area contributed by atoms with Crippen LogP contribution in [-0.4, -0.2) is 38.5 Å². The van der Waals surface area contributed by atoms with Gasteiger partial charge in [0, 0.05) is 38.0 Å². The molecule has 2 rings (SSSR count). The summed E-state index contributed by atoms with van der Waals surface area (Å²) in [6.07, 6.45) is 3.81. The molecule has 4 heteroatoms. The van der Waals surface area contributed by atoms with E-state index in [1.54, 1.807) is 7.11 Å². The van der Waals surface area contributed by atoms with Crippen LogP contribution in [0.1, 0.15) is 5.56 Å². The third-order valence-electron chi connectivity index (χ3n) is 2.92. The molecule has 0 aliphatic heterocycles. The molecule has 0 bridgehead atoms. The van der Waals surface area contributed by atoms with Gasteiger partial charge in [0.1, 0.15) is 0 Å². The van der Waals surface area contributed by atoms with Crippen molar-refractivity contribution in [3.05, 3.63) is 42.2 Å². The fourth-order valence-corrected chi connectivity index (χ4v) is 1.93. The number of methoxy groups -OCH3 is 1. The highest BCUT2D eigenvalue weighted by Gasteiger charge is 2.00. The summed E-state index contributed by atoms with van der Waals surface area (Å²) in [6.45, 7) is 3.62. The second-order valence-corrected chi connectivity index (χ2v) is 4.30. The highest BCUT2D eigenvalue weighted by Crippen LogP contribution is 2.16. The Morgan fingerprint density at radius 2 is 2.00 bits per heavy atom. The zero-order valence-corrected chi connectivity index (χ0v) is 11.3. The fraction of sp³-hybridized carbons (Fsp3) is 0.400. The van der Waals surface area contributed by atoms with Gasteiger partial charge in [-0.3, -0.25) is 4.98 Å². The molecule has 2 aromatic rings. The number of rotatable bonds is 8. The van der Waals surface area contributed by atoms with E-state index in [-0.39, 0.29) is 0 Å². The molecular weight excluding hydrogens is 240 g/mol. The number of pyridine rings is 1. The zero-order chi connectivity index (χ0) is 13.3. The first-order valence-corrected chi connectivity index (χ1v) is 6.51. The number of nitrogens with one attached hydrogen (secondary N) is 1. The number of hydrogen-bond donors (Lipinski definition) is 1. The van der Waals surface area contributed by atoms with Crippen molar-refractivity contribution in [2.45, 2.75) is 6.54 Å². The highest BCUT2D eigenvalue weighted by molar-refractivity contribution is 5.84. The van der Waals surface area contributed by atoms with Crippen molar-refractivity contribution >= 4 is 10.8 Å². The molecule has 1 aromatic carbocycles. The highest BCUT2D eigenvalue weighted by atomic mass is 16.5. The van der Waals surface area contributed by atoms with E-state index >= 15 is 0 Å². The van der Waals surface area contributed by atoms with Gasteiger partial charge in [0.15, 0.2) is 0 Å². The Kier molecular flexibility index (Phi) is 5.75. The van der Waals surface area contributed by atoms with E-state index in [1.165, 1.54) is 16.3 Å². The Morgan fingerprint density at radius 3 is 2.89 bits per heavy atom. The van der Waals surface area contributed by atoms with Crippen LogP contribution in [0.5, 0.6) is 0 Å². The molecule has 0 radical (unpaired) electrons. The smallest absolute Gasteiger partial charge is 0.0700 e. The summed E-state index contributed by atoms with van der Waals surface area (Å²) in [7, 11) is 1.68. The van der Waals surface area contributed by atoms with Crippen molar-refractivity contribution in [1.29, 1.82) is 0 Å². The lowest BCUT2D eigenvalue weighted by atomic mass is 10.1. The molecule has 0 atom stereocenters. The average Bonchev–Trinajstić information content (AvgIpc) is 2.46. The summed E-state index contributed by atoms with van der Waals surface area (Å²) in [5.41, 5.74) is 1.22. The predicted octanol–water partition coefficient (Wildman–Crippen LogP) is 1.99. The largest absolute Gasteiger partial charge is 0.382 e. The molecule has 0 saturated heterocycles. The average molecular weight is 260 g/mol. The molecule has 0 amide bonds. The van der Waals surface area contributed by atoms with Crippen LogP contribution in [0, 0.1) is 0 Å². The molecule has 1 N–H and O–H groups in total. The number of fused-ring (bicyclic) bond motifs is 1. The van der Waals surface area contributed by atoms with Gasteiger partial charge < -0.3 is 14.8 Å². The molecule has 0 unspecified atom stereocenters. The van der Waals surface area contributed by atoms with Crippen molar-refractivity contribution in [2.24, 2.45) is 0 Å². The molecule has 1 aromatic heterocycles. The number of ether oxygens (including phenoxy) is 2. The minimum atomic E-state index is 0.646. The number of nitrogens with zero attached hydrogens (tertiary/aromatic N) is 1. The molecule has 0 aliphatic rings. The molecule has 0 aliphatic carbocycles. The third kappa shape index (κ3) is 4.28. The summed E-state index contributed by atoms with van der Waals surface area (Å²) in [4.78, 5) is 4.26. The number of benzene rings is 1. The molecule has 102 valence electrons. The SMILES string of the molecule is COCCOCCNCc1cncc2ccccc12. The summed E-state index contributed by atoms with van der Waals surface area (Å²) >= 11 is 0. The summed E-state index contributed by atoms with van der Waals surface area (Å²) in [5, 5.41) is 5.80. The maximum absolute atomic E-state index is 5.40. The first-order chi connectivity index (χ1) is 9.42. The lowest BCUT2D eigenvalue weighted by Gasteiger charge is -2.08. The van der Waals surface area contributed by atoms with Gasteiger partial charge in [-0.2, -0.15) is 0 Å². The van der Waals surface area contributed by atoms with Crippen LogP contribution in [0.3, 0.4) is 0 Å². The Labute approximate surface area is 113 Å². The molecule has 19 heavy (non-hydrogen) atoms. The van der Waals surface area contributed by atoms with Crippen LogP contribution < -0.4 is 5.32 Å². The van der Waals surface area contributed by atoms with E-state index in [4.69, 9.17) is 9.47 Å². The monoisotopic (exact) mass is 260 g/mol. The van der Waals surface area contributed by atoms with E-state index in [9.17, 15) is 0 Å². The Bertz CT molecular complexity index is 497. The first kappa shape index (κ1) is 13.9. The maximum atomic E-state index is 5.40. The summed E-state index contributed by atoms with van der Waals surface area (Å²) in [6, 6.07) is 8.30. The molecule has 0 spiro atoms. The maximum Gasteiger partial charge on any atom is 0.0700 e. The van der Waals surface area contributed by atoms with Gasteiger partial charge in [0.2, 0.25) is 0 Å². The van der Waals surface area contributed by atoms with Crippen LogP contribution in [-0.2, 0) is 16.0 Å². The van der Waals surface area contributed by atoms with Crippen molar-refractivity contribution in [2.75, 3.05) is 33.5 Å². The van der Waals surface area contributed by atoms with E-state index in [1.807, 2.05) is 18.5 Å². The molecule has 1 heterocycles. The Hall–Kier alpha value is -1.49. The molecule has 4 nitrogen and oxygen atoms in total. The Balaban J connectivity index is 1.78.